The van der Waals surface area contributed by atoms with Gasteiger partial charge in [-0.2, -0.15) is 0 Å². The van der Waals surface area contributed by atoms with Crippen LogP contribution in [0.1, 0.15) is 33.1 Å². The van der Waals surface area contributed by atoms with E-state index in [-0.39, 0.29) is 25.2 Å². The maximum Gasteiger partial charge on any atom is 0.336 e. The lowest BCUT2D eigenvalue weighted by Gasteiger charge is -2.11. The van der Waals surface area contributed by atoms with Gasteiger partial charge in [0.1, 0.15) is 6.61 Å². The van der Waals surface area contributed by atoms with Crippen molar-refractivity contribution in [2.75, 3.05) is 13.2 Å². The van der Waals surface area contributed by atoms with Crippen LogP contribution >= 0.6 is 0 Å². The second-order valence-electron chi connectivity index (χ2n) is 4.01. The first-order chi connectivity index (χ1) is 8.92. The normalized spacial score (nSPS) is 11.5. The number of esters is 2. The van der Waals surface area contributed by atoms with Crippen LogP contribution in [0.5, 0.6) is 0 Å². The smallest absolute Gasteiger partial charge is 0.336 e. The van der Waals surface area contributed by atoms with E-state index in [1.165, 1.54) is 0 Å². The predicted octanol–water partition coefficient (Wildman–Crippen LogP) is 1.54. The highest BCUT2D eigenvalue weighted by molar-refractivity contribution is 5.88. The number of carboxylic acids is 1. The largest absolute Gasteiger partial charge is 0.481 e. The Morgan fingerprint density at radius 2 is 1.84 bits per heavy atom. The van der Waals surface area contributed by atoms with Gasteiger partial charge in [-0.1, -0.05) is 19.9 Å². The lowest BCUT2D eigenvalue weighted by Crippen LogP contribution is -2.21. The first kappa shape index (κ1) is 17.2. The monoisotopic (exact) mass is 272 g/mol. The summed E-state index contributed by atoms with van der Waals surface area (Å²) >= 11 is 0. The summed E-state index contributed by atoms with van der Waals surface area (Å²) in [5.41, 5.74) is 0.0255. The molecule has 108 valence electrons. The molecule has 0 amide bonds. The van der Waals surface area contributed by atoms with E-state index in [1.807, 2.05) is 6.92 Å². The Morgan fingerprint density at radius 3 is 2.32 bits per heavy atom. The minimum absolute atomic E-state index is 0.0255. The first-order valence-electron chi connectivity index (χ1n) is 6.15. The minimum atomic E-state index is -1.02. The molecule has 1 N–H and O–H groups in total. The van der Waals surface area contributed by atoms with Gasteiger partial charge >= 0.3 is 17.9 Å². The van der Waals surface area contributed by atoms with Crippen LogP contribution in [0.4, 0.5) is 0 Å². The number of rotatable bonds is 9. The van der Waals surface area contributed by atoms with Crippen LogP contribution in [-0.2, 0) is 23.9 Å². The molecule has 1 atom stereocenters. The molecule has 0 aromatic carbocycles. The molecule has 0 bridgehead atoms. The molecule has 19 heavy (non-hydrogen) atoms. The highest BCUT2D eigenvalue weighted by Crippen LogP contribution is 2.12. The van der Waals surface area contributed by atoms with Gasteiger partial charge in [-0.3, -0.25) is 9.59 Å². The quantitative estimate of drug-likeness (QED) is 0.506. The van der Waals surface area contributed by atoms with Crippen LogP contribution in [0.2, 0.25) is 0 Å². The van der Waals surface area contributed by atoms with Crippen LogP contribution in [0.15, 0.2) is 12.2 Å². The molecule has 6 nitrogen and oxygen atoms in total. The molecule has 0 radical (unpaired) electrons. The fourth-order valence-corrected chi connectivity index (χ4v) is 1.38. The van der Waals surface area contributed by atoms with E-state index in [9.17, 15) is 14.4 Å². The average Bonchev–Trinajstić information content (AvgIpc) is 2.35. The zero-order chi connectivity index (χ0) is 14.8. The van der Waals surface area contributed by atoms with E-state index in [0.717, 1.165) is 0 Å². The van der Waals surface area contributed by atoms with Crippen molar-refractivity contribution in [3.8, 4) is 0 Å². The summed E-state index contributed by atoms with van der Waals surface area (Å²) in [6, 6.07) is 0. The number of carbonyl (C=O) groups is 3. The summed E-state index contributed by atoms with van der Waals surface area (Å²) in [5, 5.41) is 8.89. The van der Waals surface area contributed by atoms with E-state index in [0.29, 0.717) is 12.8 Å². The Morgan fingerprint density at radius 1 is 1.21 bits per heavy atom. The molecule has 0 heterocycles. The standard InChI is InChI=1S/C13H20O6/c1-4-6-10(12(15)16)7-11(14)19-8-9(3)13(17)18-5-2/h10H,3-8H2,1-2H3,(H,15,16). The number of carbonyl (C=O) groups excluding carboxylic acids is 2. The van der Waals surface area contributed by atoms with Crippen molar-refractivity contribution < 1.29 is 29.0 Å². The SMILES string of the molecule is C=C(COC(=O)CC(CCC)C(=O)O)C(=O)OCC. The number of hydrogen-bond acceptors (Lipinski definition) is 5. The van der Waals surface area contributed by atoms with Crippen molar-refractivity contribution in [1.82, 2.24) is 0 Å². The molecule has 0 saturated carbocycles. The molecule has 0 aliphatic carbocycles. The summed E-state index contributed by atoms with van der Waals surface area (Å²) in [6.07, 6.45) is 0.863. The lowest BCUT2D eigenvalue weighted by molar-refractivity contribution is -0.152. The molecule has 1 unspecified atom stereocenters. The highest BCUT2D eigenvalue weighted by atomic mass is 16.5. The maximum absolute atomic E-state index is 11.4. The second-order valence-corrected chi connectivity index (χ2v) is 4.01. The second kappa shape index (κ2) is 9.13. The molecule has 0 aliphatic heterocycles. The van der Waals surface area contributed by atoms with E-state index < -0.39 is 23.8 Å². The van der Waals surface area contributed by atoms with Gasteiger partial charge in [-0.05, 0) is 13.3 Å². The summed E-state index contributed by atoms with van der Waals surface area (Å²) < 4.78 is 9.47. The van der Waals surface area contributed by atoms with Gasteiger partial charge < -0.3 is 14.6 Å². The Balaban J connectivity index is 4.13. The van der Waals surface area contributed by atoms with Crippen molar-refractivity contribution in [2.24, 2.45) is 5.92 Å². The molecule has 0 fully saturated rings. The lowest BCUT2D eigenvalue weighted by atomic mass is 10.0. The molecule has 0 rings (SSSR count). The summed E-state index contributed by atoms with van der Waals surface area (Å²) in [5.74, 6) is -3.07. The fraction of sp³-hybridized carbons (Fsp3) is 0.615. The first-order valence-corrected chi connectivity index (χ1v) is 6.15. The third-order valence-electron chi connectivity index (χ3n) is 2.37. The van der Waals surface area contributed by atoms with Gasteiger partial charge in [0.25, 0.3) is 0 Å². The highest BCUT2D eigenvalue weighted by Gasteiger charge is 2.21. The maximum atomic E-state index is 11.4. The molecule has 0 spiro atoms. The molecule has 0 aromatic heterocycles. The third-order valence-corrected chi connectivity index (χ3v) is 2.37. The summed E-state index contributed by atoms with van der Waals surface area (Å²) in [6.45, 7) is 6.85. The van der Waals surface area contributed by atoms with Gasteiger partial charge in [0.15, 0.2) is 0 Å². The van der Waals surface area contributed by atoms with Crippen LogP contribution in [-0.4, -0.2) is 36.2 Å². The van der Waals surface area contributed by atoms with Crippen LogP contribution in [0.3, 0.4) is 0 Å². The van der Waals surface area contributed by atoms with Crippen molar-refractivity contribution in [1.29, 1.82) is 0 Å². The molecular formula is C13H20O6. The van der Waals surface area contributed by atoms with Gasteiger partial charge in [0.05, 0.1) is 24.5 Å². The molecule has 6 heteroatoms. The summed E-state index contributed by atoms with van der Waals surface area (Å²) in [4.78, 5) is 33.5. The number of ether oxygens (including phenoxy) is 2. The fourth-order valence-electron chi connectivity index (χ4n) is 1.38. The topological polar surface area (TPSA) is 89.9 Å². The molecular weight excluding hydrogens is 252 g/mol. The Bertz CT molecular complexity index is 347. The van der Waals surface area contributed by atoms with Gasteiger partial charge in [0, 0.05) is 0 Å². The van der Waals surface area contributed by atoms with Crippen molar-refractivity contribution in [3.05, 3.63) is 12.2 Å². The zero-order valence-corrected chi connectivity index (χ0v) is 11.3. The van der Waals surface area contributed by atoms with E-state index in [1.54, 1.807) is 6.92 Å². The molecule has 0 aliphatic rings. The zero-order valence-electron chi connectivity index (χ0n) is 11.3. The van der Waals surface area contributed by atoms with Crippen LogP contribution in [0, 0.1) is 5.92 Å². The Hall–Kier alpha value is -1.85. The third kappa shape index (κ3) is 7.23. The van der Waals surface area contributed by atoms with Gasteiger partial charge in [-0.25, -0.2) is 4.79 Å². The number of carboxylic acid groups (broad SMARTS) is 1. The number of aliphatic carboxylic acids is 1. The van der Waals surface area contributed by atoms with E-state index in [2.05, 4.69) is 11.3 Å². The van der Waals surface area contributed by atoms with E-state index in [4.69, 9.17) is 9.84 Å². The van der Waals surface area contributed by atoms with Crippen molar-refractivity contribution in [3.63, 3.8) is 0 Å². The van der Waals surface area contributed by atoms with Crippen molar-refractivity contribution >= 4 is 17.9 Å². The predicted molar refractivity (Wildman–Crippen MR) is 67.4 cm³/mol. The minimum Gasteiger partial charge on any atom is -0.481 e. The van der Waals surface area contributed by atoms with Gasteiger partial charge in [-0.15, -0.1) is 0 Å². The summed E-state index contributed by atoms with van der Waals surface area (Å²) in [7, 11) is 0. The number of hydrogen-bond donors (Lipinski definition) is 1. The van der Waals surface area contributed by atoms with Crippen molar-refractivity contribution in [2.45, 2.75) is 33.1 Å². The molecule has 0 aromatic rings. The average molecular weight is 272 g/mol. The van der Waals surface area contributed by atoms with Gasteiger partial charge in [0.2, 0.25) is 0 Å². The van der Waals surface area contributed by atoms with E-state index >= 15 is 0 Å². The van der Waals surface area contributed by atoms with Crippen LogP contribution in [0.25, 0.3) is 0 Å². The Labute approximate surface area is 112 Å². The molecule has 0 saturated heterocycles. The Kier molecular flexibility index (Phi) is 8.24. The van der Waals surface area contributed by atoms with Crippen LogP contribution < -0.4 is 0 Å².